The second kappa shape index (κ2) is 7.21. The summed E-state index contributed by atoms with van der Waals surface area (Å²) >= 11 is 0. The smallest absolute Gasteiger partial charge is 0.254 e. The molecule has 2 heterocycles. The topological polar surface area (TPSA) is 8.29 Å². The van der Waals surface area contributed by atoms with Gasteiger partial charge in [-0.15, -0.1) is 0 Å². The van der Waals surface area contributed by atoms with Crippen molar-refractivity contribution in [1.82, 2.24) is 4.40 Å². The first kappa shape index (κ1) is 18.0. The molecule has 4 rings (SSSR count). The number of halogens is 1. The summed E-state index contributed by atoms with van der Waals surface area (Å²) in [6.07, 6.45) is 11.4. The number of aryl methyl sites for hydroxylation is 3. The first-order valence-corrected chi connectivity index (χ1v) is 9.24. The lowest BCUT2D eigenvalue weighted by molar-refractivity contribution is -0.594. The molecule has 2 aromatic heterocycles. The van der Waals surface area contributed by atoms with Crippen molar-refractivity contribution in [3.63, 3.8) is 0 Å². The van der Waals surface area contributed by atoms with Crippen LogP contribution >= 0.6 is 0 Å². The molecule has 0 radical (unpaired) electrons. The van der Waals surface area contributed by atoms with E-state index in [0.29, 0.717) is 5.92 Å². The minimum Gasteiger partial charge on any atom is -1.00 e. The molecule has 0 bridgehead atoms. The van der Waals surface area contributed by atoms with Gasteiger partial charge < -0.3 is 12.4 Å². The van der Waals surface area contributed by atoms with E-state index >= 15 is 0 Å². The third-order valence-corrected chi connectivity index (χ3v) is 5.52. The zero-order valence-corrected chi connectivity index (χ0v) is 16.2. The highest BCUT2D eigenvalue weighted by molar-refractivity contribution is 5.48. The molecule has 0 amide bonds. The quantitative estimate of drug-likeness (QED) is 0.624. The Kier molecular flexibility index (Phi) is 5.19. The van der Waals surface area contributed by atoms with E-state index in [1.54, 1.807) is 0 Å². The standard InChI is InChI=1S/C22H27N2.ClH/c1-16-12-17(2)22(18(3)13-16)23-14-20-10-7-11-21(24(20)15-23)19-8-5-4-6-9-19;/h7,10-15,19H,4-6,8-9H2,1-3H3;1H/q+1;/p-1. The van der Waals surface area contributed by atoms with Crippen molar-refractivity contribution >= 4 is 5.52 Å². The molecule has 0 saturated heterocycles. The fourth-order valence-corrected chi connectivity index (χ4v) is 4.53. The molecule has 25 heavy (non-hydrogen) atoms. The fraction of sp³-hybridized carbons (Fsp3) is 0.409. The molecule has 0 spiro atoms. The van der Waals surface area contributed by atoms with E-state index in [-0.39, 0.29) is 12.4 Å². The fourth-order valence-electron chi connectivity index (χ4n) is 4.53. The second-order valence-corrected chi connectivity index (χ2v) is 7.48. The molecule has 1 fully saturated rings. The summed E-state index contributed by atoms with van der Waals surface area (Å²) < 4.78 is 4.72. The molecule has 2 nitrogen and oxygen atoms in total. The number of rotatable bonds is 2. The Morgan fingerprint density at radius 2 is 1.64 bits per heavy atom. The lowest BCUT2D eigenvalue weighted by Gasteiger charge is -2.20. The average molecular weight is 355 g/mol. The molecule has 1 aliphatic carbocycles. The summed E-state index contributed by atoms with van der Waals surface area (Å²) in [5, 5.41) is 0. The molecule has 0 N–H and O–H groups in total. The van der Waals surface area contributed by atoms with E-state index in [1.165, 1.54) is 65.7 Å². The van der Waals surface area contributed by atoms with Crippen LogP contribution < -0.4 is 17.0 Å². The van der Waals surface area contributed by atoms with Gasteiger partial charge in [0.05, 0.1) is 0 Å². The van der Waals surface area contributed by atoms with E-state index in [9.17, 15) is 0 Å². The van der Waals surface area contributed by atoms with Crippen molar-refractivity contribution in [2.24, 2.45) is 0 Å². The van der Waals surface area contributed by atoms with Gasteiger partial charge in [-0.3, -0.25) is 0 Å². The average Bonchev–Trinajstić information content (AvgIpc) is 2.98. The molecular weight excluding hydrogens is 328 g/mol. The number of nitrogens with zero attached hydrogens (tertiary/aromatic N) is 2. The summed E-state index contributed by atoms with van der Waals surface area (Å²) in [7, 11) is 0. The number of hydrogen-bond donors (Lipinski definition) is 0. The molecule has 0 unspecified atom stereocenters. The highest BCUT2D eigenvalue weighted by atomic mass is 35.5. The van der Waals surface area contributed by atoms with Gasteiger partial charge in [-0.2, -0.15) is 4.40 Å². The minimum absolute atomic E-state index is 0. The number of imidazole rings is 1. The lowest BCUT2D eigenvalue weighted by Crippen LogP contribution is -3.00. The number of pyridine rings is 1. The minimum atomic E-state index is 0. The maximum atomic E-state index is 2.41. The van der Waals surface area contributed by atoms with Crippen LogP contribution in [0.4, 0.5) is 0 Å². The van der Waals surface area contributed by atoms with Crippen molar-refractivity contribution < 1.29 is 17.0 Å². The van der Waals surface area contributed by atoms with E-state index in [2.05, 4.69) is 72.6 Å². The van der Waals surface area contributed by atoms with Crippen molar-refractivity contribution in [3.8, 4) is 5.69 Å². The maximum Gasteiger partial charge on any atom is 0.254 e. The number of benzene rings is 1. The van der Waals surface area contributed by atoms with Crippen molar-refractivity contribution in [3.05, 3.63) is 65.2 Å². The largest absolute Gasteiger partial charge is 1.00 e. The predicted octanol–water partition coefficient (Wildman–Crippen LogP) is 2.19. The first-order valence-electron chi connectivity index (χ1n) is 9.24. The number of fused-ring (bicyclic) bond motifs is 1. The Bertz CT molecular complexity index is 865. The molecule has 0 atom stereocenters. The van der Waals surface area contributed by atoms with Gasteiger partial charge in [0.15, 0.2) is 5.52 Å². The van der Waals surface area contributed by atoms with E-state index in [0.717, 1.165) is 0 Å². The Morgan fingerprint density at radius 3 is 2.32 bits per heavy atom. The Hall–Kier alpha value is -1.80. The summed E-state index contributed by atoms with van der Waals surface area (Å²) in [5.74, 6) is 0.712. The van der Waals surface area contributed by atoms with Gasteiger partial charge in [0.2, 0.25) is 0 Å². The molecule has 1 aliphatic rings. The third kappa shape index (κ3) is 3.32. The van der Waals surface area contributed by atoms with Gasteiger partial charge >= 0.3 is 0 Å². The van der Waals surface area contributed by atoms with Gasteiger partial charge in [-0.1, -0.05) is 43.0 Å². The summed E-state index contributed by atoms with van der Waals surface area (Å²) in [6.45, 7) is 6.60. The van der Waals surface area contributed by atoms with Crippen LogP contribution in [-0.2, 0) is 0 Å². The van der Waals surface area contributed by atoms with E-state index < -0.39 is 0 Å². The molecule has 132 valence electrons. The van der Waals surface area contributed by atoms with Crippen LogP contribution in [0, 0.1) is 20.8 Å². The second-order valence-electron chi connectivity index (χ2n) is 7.48. The molecular formula is C22H27ClN2. The van der Waals surface area contributed by atoms with Crippen LogP contribution in [0.1, 0.15) is 60.4 Å². The van der Waals surface area contributed by atoms with Crippen LogP contribution in [0.25, 0.3) is 11.2 Å². The zero-order chi connectivity index (χ0) is 16.7. The molecule has 1 saturated carbocycles. The van der Waals surface area contributed by atoms with Crippen molar-refractivity contribution in [2.75, 3.05) is 0 Å². The summed E-state index contributed by atoms with van der Waals surface area (Å²) in [4.78, 5) is 0. The van der Waals surface area contributed by atoms with Gasteiger partial charge in [-0.05, 0) is 56.9 Å². The monoisotopic (exact) mass is 354 g/mol. The first-order chi connectivity index (χ1) is 11.6. The normalized spacial score (nSPS) is 15.3. The molecule has 3 aromatic rings. The van der Waals surface area contributed by atoms with Crippen LogP contribution in [0.15, 0.2) is 42.9 Å². The lowest BCUT2D eigenvalue weighted by atomic mass is 9.86. The highest BCUT2D eigenvalue weighted by Gasteiger charge is 2.23. The predicted molar refractivity (Wildman–Crippen MR) is 99.0 cm³/mol. The van der Waals surface area contributed by atoms with Crippen molar-refractivity contribution in [1.29, 1.82) is 0 Å². The summed E-state index contributed by atoms with van der Waals surface area (Å²) in [5.41, 5.74) is 8.10. The van der Waals surface area contributed by atoms with Crippen LogP contribution in [0.2, 0.25) is 0 Å². The van der Waals surface area contributed by atoms with Crippen LogP contribution in [-0.4, -0.2) is 4.40 Å². The van der Waals surface area contributed by atoms with Gasteiger partial charge in [0.25, 0.3) is 6.33 Å². The Morgan fingerprint density at radius 1 is 0.960 bits per heavy atom. The molecule has 3 heteroatoms. The van der Waals surface area contributed by atoms with E-state index in [4.69, 9.17) is 0 Å². The van der Waals surface area contributed by atoms with Crippen molar-refractivity contribution in [2.45, 2.75) is 58.8 Å². The van der Waals surface area contributed by atoms with E-state index in [1.807, 2.05) is 0 Å². The molecule has 0 aliphatic heterocycles. The maximum absolute atomic E-state index is 2.41. The van der Waals surface area contributed by atoms with Gasteiger partial charge in [0.1, 0.15) is 17.6 Å². The van der Waals surface area contributed by atoms with Crippen LogP contribution in [0.3, 0.4) is 0 Å². The number of aromatic nitrogens is 2. The zero-order valence-electron chi connectivity index (χ0n) is 15.4. The Labute approximate surface area is 156 Å². The van der Waals surface area contributed by atoms with Gasteiger partial charge in [-0.25, -0.2) is 4.57 Å². The molecule has 1 aromatic carbocycles. The number of hydrogen-bond acceptors (Lipinski definition) is 0. The highest BCUT2D eigenvalue weighted by Crippen LogP contribution is 2.32. The SMILES string of the molecule is Cc1cc(C)c(-[n+]2cc3cccc(C4CCCCC4)n3c2)c(C)c1.[Cl-]. The van der Waals surface area contributed by atoms with Crippen LogP contribution in [0.5, 0.6) is 0 Å². The Balaban J connectivity index is 0.00000182. The summed E-state index contributed by atoms with van der Waals surface area (Å²) in [6, 6.07) is 11.3. The third-order valence-electron chi connectivity index (χ3n) is 5.52. The van der Waals surface area contributed by atoms with Gasteiger partial charge in [0, 0.05) is 5.92 Å².